The predicted molar refractivity (Wildman–Crippen MR) is 157 cm³/mol. The monoisotopic (exact) mass is 651 g/mol. The molecule has 0 aromatic heterocycles. The van der Waals surface area contributed by atoms with E-state index in [0.717, 1.165) is 30.0 Å². The second-order valence-corrected chi connectivity index (χ2v) is 12.1. The first-order valence-corrected chi connectivity index (χ1v) is 14.4. The Balaban J connectivity index is 1.57. The number of hydrogen-bond acceptors (Lipinski definition) is 5. The van der Waals surface area contributed by atoms with Gasteiger partial charge in [0.25, 0.3) is 5.91 Å². The first-order chi connectivity index (χ1) is 21.0. The molecule has 0 aliphatic carbocycles. The average Bonchev–Trinajstić information content (AvgIpc) is 2.96. The van der Waals surface area contributed by atoms with Gasteiger partial charge in [-0.2, -0.15) is 13.2 Å². The van der Waals surface area contributed by atoms with Crippen LogP contribution in [0.25, 0.3) is 10.8 Å². The summed E-state index contributed by atoms with van der Waals surface area (Å²) in [6.07, 6.45) is -9.42. The van der Waals surface area contributed by atoms with Crippen LogP contribution in [0.4, 0.5) is 26.3 Å². The molecular weight excluding hydrogens is 624 g/mol. The molecule has 4 aromatic rings. The molecule has 2 N–H and O–H groups in total. The van der Waals surface area contributed by atoms with Crippen molar-refractivity contribution < 1.29 is 50.5 Å². The zero-order valence-corrected chi connectivity index (χ0v) is 24.6. The lowest BCUT2D eigenvalue weighted by Crippen LogP contribution is -2.52. The summed E-state index contributed by atoms with van der Waals surface area (Å²) in [5.41, 5.74) is -0.264. The number of benzene rings is 4. The molecule has 4 aromatic carbocycles. The maximum Gasteiger partial charge on any atom is 0.573 e. The van der Waals surface area contributed by atoms with E-state index in [1.807, 2.05) is 0 Å². The van der Waals surface area contributed by atoms with Gasteiger partial charge in [0.15, 0.2) is 0 Å². The number of para-hydroxylation sites is 1. The summed E-state index contributed by atoms with van der Waals surface area (Å²) in [5.74, 6) is -2.57. The van der Waals surface area contributed by atoms with Crippen LogP contribution in [-0.4, -0.2) is 34.1 Å². The van der Waals surface area contributed by atoms with Crippen LogP contribution in [0, 0.1) is 0 Å². The molecule has 0 radical (unpaired) electrons. The summed E-state index contributed by atoms with van der Waals surface area (Å²) in [6, 6.07) is 18.3. The highest BCUT2D eigenvalue weighted by Crippen LogP contribution is 2.37. The third-order valence-electron chi connectivity index (χ3n) is 6.80. The van der Waals surface area contributed by atoms with E-state index in [1.54, 1.807) is 30.3 Å². The molecule has 0 aliphatic rings. The Morgan fingerprint density at radius 1 is 0.867 bits per heavy atom. The van der Waals surface area contributed by atoms with Gasteiger partial charge in [-0.05, 0) is 49.1 Å². The van der Waals surface area contributed by atoms with Crippen molar-refractivity contribution in [1.82, 2.24) is 5.32 Å². The number of carboxylic acids is 1. The maximum atomic E-state index is 13.6. The van der Waals surface area contributed by atoms with Gasteiger partial charge in [-0.15, -0.1) is 24.9 Å². The first kappa shape index (κ1) is 33.5. The Morgan fingerprint density at radius 3 is 2.16 bits per heavy atom. The Bertz CT molecular complexity index is 1670. The number of fused-ring (bicyclic) bond motifs is 1. The molecule has 0 heterocycles. The van der Waals surface area contributed by atoms with Crippen LogP contribution in [0.3, 0.4) is 0 Å². The number of carbonyl (C=O) groups is 2. The Labute approximate surface area is 258 Å². The van der Waals surface area contributed by atoms with Crippen LogP contribution in [0.1, 0.15) is 40.9 Å². The van der Waals surface area contributed by atoms with Gasteiger partial charge in [-0.25, -0.2) is 4.79 Å². The highest BCUT2D eigenvalue weighted by Gasteiger charge is 2.38. The van der Waals surface area contributed by atoms with Crippen molar-refractivity contribution in [3.05, 3.63) is 107 Å². The number of ether oxygens (including phenoxy) is 2. The van der Waals surface area contributed by atoms with Gasteiger partial charge in [-0.1, -0.05) is 60.7 Å². The van der Waals surface area contributed by atoms with Crippen molar-refractivity contribution in [2.24, 2.45) is 0 Å². The van der Waals surface area contributed by atoms with E-state index < -0.39 is 46.5 Å². The number of aliphatic carboxylic acids is 1. The summed E-state index contributed by atoms with van der Waals surface area (Å²) < 4.78 is 86.4. The van der Waals surface area contributed by atoms with Gasteiger partial charge in [-0.3, -0.25) is 4.79 Å². The molecule has 45 heavy (non-hydrogen) atoms. The minimum absolute atomic E-state index is 0.0171. The first-order valence-electron chi connectivity index (χ1n) is 13.4. The lowest BCUT2D eigenvalue weighted by Gasteiger charge is -2.32. The van der Waals surface area contributed by atoms with Crippen LogP contribution in [0.5, 0.6) is 11.5 Å². The quantitative estimate of drug-likeness (QED) is 0.159. The zero-order valence-electron chi connectivity index (χ0n) is 23.8. The minimum Gasteiger partial charge on any atom is -0.487 e. The second-order valence-electron chi connectivity index (χ2n) is 10.4. The minimum atomic E-state index is -4.92. The number of carbonyl (C=O) groups excluding carboxylic acids is 1. The van der Waals surface area contributed by atoms with E-state index in [9.17, 15) is 41.0 Å². The molecule has 0 bridgehead atoms. The summed E-state index contributed by atoms with van der Waals surface area (Å²) in [4.78, 5) is 26.0. The molecule has 6 nitrogen and oxygen atoms in total. The van der Waals surface area contributed by atoms with Gasteiger partial charge < -0.3 is 19.9 Å². The normalized spacial score (nSPS) is 12.9. The number of hydrogen-bond donors (Lipinski definition) is 2. The topological polar surface area (TPSA) is 84.9 Å². The molecule has 0 aliphatic heterocycles. The summed E-state index contributed by atoms with van der Waals surface area (Å²) in [7, 11) is 0. The van der Waals surface area contributed by atoms with Crippen LogP contribution in [0.2, 0.25) is 0 Å². The highest BCUT2D eigenvalue weighted by atomic mass is 32.2. The maximum absolute atomic E-state index is 13.6. The van der Waals surface area contributed by atoms with E-state index in [2.05, 4.69) is 10.1 Å². The lowest BCUT2D eigenvalue weighted by atomic mass is 10.0. The molecule has 0 fully saturated rings. The number of rotatable bonds is 11. The Hall–Kier alpha value is -4.39. The van der Waals surface area contributed by atoms with Crippen LogP contribution in [-0.2, 0) is 23.3 Å². The SMILES string of the molecule is CC(C)(SCc1ccccc1OC(F)(F)F)[C@H](NC(=O)c1ccc2ccccc2c1OCc1ccc(C(F)(F)F)cc1)C(=O)O. The number of alkyl halides is 6. The van der Waals surface area contributed by atoms with E-state index in [0.29, 0.717) is 16.3 Å². The Morgan fingerprint density at radius 2 is 1.51 bits per heavy atom. The third kappa shape index (κ3) is 8.62. The fourth-order valence-electron chi connectivity index (χ4n) is 4.46. The van der Waals surface area contributed by atoms with Gasteiger partial charge >= 0.3 is 18.5 Å². The third-order valence-corrected chi connectivity index (χ3v) is 8.24. The van der Waals surface area contributed by atoms with Crippen LogP contribution < -0.4 is 14.8 Å². The van der Waals surface area contributed by atoms with Crippen molar-refractivity contribution in [2.75, 3.05) is 0 Å². The molecule has 238 valence electrons. The van der Waals surface area contributed by atoms with Crippen LogP contribution in [0.15, 0.2) is 84.9 Å². The average molecular weight is 652 g/mol. The zero-order chi connectivity index (χ0) is 33.0. The number of nitrogens with one attached hydrogen (secondary N) is 1. The molecule has 0 unspecified atom stereocenters. The molecule has 1 atom stereocenters. The molecule has 0 spiro atoms. The van der Waals surface area contributed by atoms with E-state index in [1.165, 1.54) is 50.2 Å². The largest absolute Gasteiger partial charge is 0.573 e. The molecule has 4 rings (SSSR count). The lowest BCUT2D eigenvalue weighted by molar-refractivity contribution is -0.274. The number of amides is 1. The molecule has 13 heteroatoms. The van der Waals surface area contributed by atoms with Gasteiger partial charge in [0.1, 0.15) is 24.1 Å². The fraction of sp³-hybridized carbons (Fsp3) is 0.250. The van der Waals surface area contributed by atoms with E-state index in [4.69, 9.17) is 4.74 Å². The van der Waals surface area contributed by atoms with Gasteiger partial charge in [0, 0.05) is 21.4 Å². The van der Waals surface area contributed by atoms with Crippen molar-refractivity contribution >= 4 is 34.4 Å². The summed E-state index contributed by atoms with van der Waals surface area (Å²) in [6.45, 7) is 2.88. The van der Waals surface area contributed by atoms with Crippen molar-refractivity contribution in [1.29, 1.82) is 0 Å². The predicted octanol–water partition coefficient (Wildman–Crippen LogP) is 8.23. The highest BCUT2D eigenvalue weighted by molar-refractivity contribution is 7.99. The number of halogens is 6. The molecular formula is C32H27F6NO5S. The smallest absolute Gasteiger partial charge is 0.487 e. The number of carboxylic acid groups (broad SMARTS) is 1. The fourth-order valence-corrected chi connectivity index (χ4v) is 5.55. The summed E-state index contributed by atoms with van der Waals surface area (Å²) in [5, 5.41) is 13.8. The van der Waals surface area contributed by atoms with Gasteiger partial charge in [0.05, 0.1) is 11.1 Å². The summed E-state index contributed by atoms with van der Waals surface area (Å²) >= 11 is 1.01. The molecule has 0 saturated heterocycles. The van der Waals surface area contributed by atoms with E-state index in [-0.39, 0.29) is 29.2 Å². The van der Waals surface area contributed by atoms with Gasteiger partial charge in [0.2, 0.25) is 0 Å². The van der Waals surface area contributed by atoms with Crippen molar-refractivity contribution in [2.45, 2.75) is 49.5 Å². The van der Waals surface area contributed by atoms with Crippen molar-refractivity contribution in [3.8, 4) is 11.5 Å². The van der Waals surface area contributed by atoms with Crippen LogP contribution >= 0.6 is 11.8 Å². The molecule has 0 saturated carbocycles. The standard InChI is InChI=1S/C32H27F6NO5S/c1-30(2,45-18-21-8-4-6-10-25(21)44-32(36,37)38)27(29(41)42)39-28(40)24-16-13-20-7-3-5-9-23(20)26(24)43-17-19-11-14-22(15-12-19)31(33,34)35/h3-16,27H,17-18H2,1-2H3,(H,39,40)(H,41,42)/t27-/m1/s1. The van der Waals surface area contributed by atoms with E-state index >= 15 is 0 Å². The second kappa shape index (κ2) is 13.3. The number of thioether (sulfide) groups is 1. The molecule has 1 amide bonds. The Kier molecular flexibility index (Phi) is 9.91. The van der Waals surface area contributed by atoms with Crippen molar-refractivity contribution in [3.63, 3.8) is 0 Å².